The van der Waals surface area contributed by atoms with Crippen molar-refractivity contribution < 1.29 is 4.79 Å². The first-order valence-electron chi connectivity index (χ1n) is 9.65. The molecule has 2 N–H and O–H groups in total. The molecule has 0 aliphatic rings. The van der Waals surface area contributed by atoms with Gasteiger partial charge >= 0.3 is 6.03 Å². The van der Waals surface area contributed by atoms with Gasteiger partial charge in [0.15, 0.2) is 0 Å². The second-order valence-corrected chi connectivity index (χ2v) is 7.19. The van der Waals surface area contributed by atoms with E-state index in [1.165, 1.54) is 5.56 Å². The van der Waals surface area contributed by atoms with Gasteiger partial charge in [-0.2, -0.15) is 0 Å². The standard InChI is InChI=1S/C25H23N3O/c1-17-8-11-24(18(2)14-17)28-25(29)27-15-20-9-10-21(19-6-4-3-5-7-19)22-12-13-26-16-23(20)22/h3-14,16H,15H2,1-2H3,(H2,27,28,29). The summed E-state index contributed by atoms with van der Waals surface area (Å²) >= 11 is 0. The molecule has 144 valence electrons. The molecule has 4 aromatic rings. The van der Waals surface area contributed by atoms with Crippen molar-refractivity contribution in [1.82, 2.24) is 10.3 Å². The van der Waals surface area contributed by atoms with Crippen LogP contribution in [-0.2, 0) is 6.54 Å². The molecule has 3 aromatic carbocycles. The minimum Gasteiger partial charge on any atom is -0.334 e. The molecule has 4 heteroatoms. The average Bonchev–Trinajstić information content (AvgIpc) is 2.74. The highest BCUT2D eigenvalue weighted by Crippen LogP contribution is 2.30. The third-order valence-electron chi connectivity index (χ3n) is 5.06. The van der Waals surface area contributed by atoms with Crippen molar-refractivity contribution >= 4 is 22.5 Å². The molecule has 0 unspecified atom stereocenters. The van der Waals surface area contributed by atoms with Crippen molar-refractivity contribution in [3.63, 3.8) is 0 Å². The second kappa shape index (κ2) is 8.15. The van der Waals surface area contributed by atoms with Crippen molar-refractivity contribution in [3.05, 3.63) is 95.8 Å². The predicted molar refractivity (Wildman–Crippen MR) is 119 cm³/mol. The van der Waals surface area contributed by atoms with Gasteiger partial charge in [0, 0.05) is 30.0 Å². The lowest BCUT2D eigenvalue weighted by Gasteiger charge is -2.13. The number of anilines is 1. The van der Waals surface area contributed by atoms with Crippen LogP contribution in [0.1, 0.15) is 16.7 Å². The number of aryl methyl sites for hydroxylation is 2. The predicted octanol–water partition coefficient (Wildman–Crippen LogP) is 5.84. The van der Waals surface area contributed by atoms with Gasteiger partial charge in [0.2, 0.25) is 0 Å². The van der Waals surface area contributed by atoms with E-state index in [0.717, 1.165) is 38.7 Å². The largest absolute Gasteiger partial charge is 0.334 e. The summed E-state index contributed by atoms with van der Waals surface area (Å²) in [7, 11) is 0. The van der Waals surface area contributed by atoms with Crippen LogP contribution >= 0.6 is 0 Å². The number of hydrogen-bond acceptors (Lipinski definition) is 2. The molecule has 4 rings (SSSR count). The van der Waals surface area contributed by atoms with E-state index < -0.39 is 0 Å². The van der Waals surface area contributed by atoms with E-state index >= 15 is 0 Å². The van der Waals surface area contributed by atoms with Crippen LogP contribution in [0.2, 0.25) is 0 Å². The first kappa shape index (κ1) is 18.7. The summed E-state index contributed by atoms with van der Waals surface area (Å²) in [5.74, 6) is 0. The Balaban J connectivity index is 1.55. The Bertz CT molecular complexity index is 1170. The average molecular weight is 381 g/mol. The van der Waals surface area contributed by atoms with Crippen LogP contribution in [0.3, 0.4) is 0 Å². The topological polar surface area (TPSA) is 54.0 Å². The number of fused-ring (bicyclic) bond motifs is 1. The van der Waals surface area contributed by atoms with Crippen LogP contribution in [0.5, 0.6) is 0 Å². The molecular weight excluding hydrogens is 358 g/mol. The number of hydrogen-bond donors (Lipinski definition) is 2. The number of pyridine rings is 1. The SMILES string of the molecule is Cc1ccc(NC(=O)NCc2ccc(-c3ccccc3)c3ccncc23)c(C)c1. The summed E-state index contributed by atoms with van der Waals surface area (Å²) in [6, 6.07) is 22.2. The molecule has 0 spiro atoms. The smallest absolute Gasteiger partial charge is 0.319 e. The zero-order valence-corrected chi connectivity index (χ0v) is 16.6. The molecule has 0 fully saturated rings. The van der Waals surface area contributed by atoms with E-state index in [-0.39, 0.29) is 6.03 Å². The summed E-state index contributed by atoms with van der Waals surface area (Å²) in [6.07, 6.45) is 3.67. The quantitative estimate of drug-likeness (QED) is 0.466. The molecule has 4 nitrogen and oxygen atoms in total. The minimum absolute atomic E-state index is 0.221. The van der Waals surface area contributed by atoms with E-state index in [4.69, 9.17) is 0 Å². The molecule has 0 radical (unpaired) electrons. The van der Waals surface area contributed by atoms with E-state index in [1.54, 1.807) is 6.20 Å². The van der Waals surface area contributed by atoms with Gasteiger partial charge in [0.1, 0.15) is 0 Å². The molecule has 0 aliphatic heterocycles. The summed E-state index contributed by atoms with van der Waals surface area (Å²) in [4.78, 5) is 16.7. The maximum absolute atomic E-state index is 12.4. The normalized spacial score (nSPS) is 10.7. The first-order valence-corrected chi connectivity index (χ1v) is 9.65. The summed E-state index contributed by atoms with van der Waals surface area (Å²) in [5.41, 5.74) is 6.39. The Hall–Kier alpha value is -3.66. The van der Waals surface area contributed by atoms with Gasteiger partial charge in [-0.15, -0.1) is 0 Å². The fourth-order valence-corrected chi connectivity index (χ4v) is 3.57. The van der Waals surface area contributed by atoms with Crippen LogP contribution in [-0.4, -0.2) is 11.0 Å². The van der Waals surface area contributed by atoms with Crippen molar-refractivity contribution in [2.24, 2.45) is 0 Å². The lowest BCUT2D eigenvalue weighted by atomic mass is 9.96. The fraction of sp³-hybridized carbons (Fsp3) is 0.120. The Morgan fingerprint density at radius 2 is 1.76 bits per heavy atom. The zero-order chi connectivity index (χ0) is 20.2. The number of amides is 2. The number of carbonyl (C=O) groups is 1. The molecule has 0 aliphatic carbocycles. The highest BCUT2D eigenvalue weighted by Gasteiger charge is 2.10. The van der Waals surface area contributed by atoms with Gasteiger partial charge in [-0.25, -0.2) is 4.79 Å². The van der Waals surface area contributed by atoms with Crippen LogP contribution < -0.4 is 10.6 Å². The number of benzene rings is 3. The minimum atomic E-state index is -0.221. The summed E-state index contributed by atoms with van der Waals surface area (Å²) < 4.78 is 0. The molecule has 2 amide bonds. The maximum Gasteiger partial charge on any atom is 0.319 e. The van der Waals surface area contributed by atoms with E-state index in [0.29, 0.717) is 6.54 Å². The Kier molecular flexibility index (Phi) is 5.25. The highest BCUT2D eigenvalue weighted by molar-refractivity contribution is 5.98. The lowest BCUT2D eigenvalue weighted by Crippen LogP contribution is -2.28. The third kappa shape index (κ3) is 4.11. The molecule has 0 atom stereocenters. The molecule has 0 saturated heterocycles. The number of urea groups is 1. The zero-order valence-electron chi connectivity index (χ0n) is 16.6. The van der Waals surface area contributed by atoms with Gasteiger partial charge < -0.3 is 10.6 Å². The lowest BCUT2D eigenvalue weighted by molar-refractivity contribution is 0.252. The molecule has 1 heterocycles. The highest BCUT2D eigenvalue weighted by atomic mass is 16.2. The Morgan fingerprint density at radius 1 is 0.931 bits per heavy atom. The second-order valence-electron chi connectivity index (χ2n) is 7.19. The van der Waals surface area contributed by atoms with Gasteiger partial charge in [0.05, 0.1) is 0 Å². The monoisotopic (exact) mass is 381 g/mol. The van der Waals surface area contributed by atoms with Gasteiger partial charge in [0.25, 0.3) is 0 Å². The molecule has 0 saturated carbocycles. The van der Waals surface area contributed by atoms with Gasteiger partial charge in [-0.1, -0.05) is 60.2 Å². The summed E-state index contributed by atoms with van der Waals surface area (Å²) in [5, 5.41) is 8.06. The maximum atomic E-state index is 12.4. The van der Waals surface area contributed by atoms with E-state index in [2.05, 4.69) is 45.9 Å². The van der Waals surface area contributed by atoms with E-state index in [9.17, 15) is 4.79 Å². The number of nitrogens with one attached hydrogen (secondary N) is 2. The third-order valence-corrected chi connectivity index (χ3v) is 5.06. The van der Waals surface area contributed by atoms with Crippen molar-refractivity contribution in [2.75, 3.05) is 5.32 Å². The Labute approximate surface area is 170 Å². The molecule has 1 aromatic heterocycles. The fourth-order valence-electron chi connectivity index (χ4n) is 3.57. The summed E-state index contributed by atoms with van der Waals surface area (Å²) in [6.45, 7) is 4.45. The first-order chi connectivity index (χ1) is 14.1. The van der Waals surface area contributed by atoms with Crippen molar-refractivity contribution in [2.45, 2.75) is 20.4 Å². The van der Waals surface area contributed by atoms with Crippen molar-refractivity contribution in [1.29, 1.82) is 0 Å². The van der Waals surface area contributed by atoms with E-state index in [1.807, 2.05) is 56.4 Å². The molecule has 0 bridgehead atoms. The Morgan fingerprint density at radius 3 is 2.55 bits per heavy atom. The van der Waals surface area contributed by atoms with Gasteiger partial charge in [-0.3, -0.25) is 4.98 Å². The number of aromatic nitrogens is 1. The molecular formula is C25H23N3O. The number of rotatable bonds is 4. The number of carbonyl (C=O) groups excluding carboxylic acids is 1. The van der Waals surface area contributed by atoms with Crippen LogP contribution in [0.15, 0.2) is 79.1 Å². The van der Waals surface area contributed by atoms with Gasteiger partial charge in [-0.05, 0) is 53.6 Å². The van der Waals surface area contributed by atoms with Crippen molar-refractivity contribution in [3.8, 4) is 11.1 Å². The van der Waals surface area contributed by atoms with Crippen LogP contribution in [0.4, 0.5) is 10.5 Å². The van der Waals surface area contributed by atoms with Crippen LogP contribution in [0, 0.1) is 13.8 Å². The number of nitrogens with zero attached hydrogens (tertiary/aromatic N) is 1. The molecule has 29 heavy (non-hydrogen) atoms. The van der Waals surface area contributed by atoms with Crippen LogP contribution in [0.25, 0.3) is 21.9 Å².